The fourth-order valence-corrected chi connectivity index (χ4v) is 2.56. The summed E-state index contributed by atoms with van der Waals surface area (Å²) in [4.78, 5) is 19.3. The molecule has 0 aliphatic heterocycles. The molecule has 0 saturated carbocycles. The number of hydrogen-bond acceptors (Lipinski definition) is 7. The number of benzene rings is 1. The van der Waals surface area contributed by atoms with Crippen molar-refractivity contribution in [2.75, 3.05) is 11.9 Å². The van der Waals surface area contributed by atoms with E-state index >= 15 is 0 Å². The second-order valence-electron chi connectivity index (χ2n) is 6.07. The minimum absolute atomic E-state index is 0.0170. The molecular formula is C18H20N6O3. The zero-order valence-corrected chi connectivity index (χ0v) is 15.0. The van der Waals surface area contributed by atoms with Gasteiger partial charge < -0.3 is 10.4 Å². The molecule has 1 unspecified atom stereocenters. The summed E-state index contributed by atoms with van der Waals surface area (Å²) >= 11 is 0. The number of nitrogens with one attached hydrogen (secondary N) is 1. The lowest BCUT2D eigenvalue weighted by Gasteiger charge is -2.12. The Hall–Kier alpha value is -3.33. The molecule has 140 valence electrons. The van der Waals surface area contributed by atoms with Crippen LogP contribution in [-0.2, 0) is 13.5 Å². The molecule has 0 aliphatic carbocycles. The SMILES string of the molecule is CCc1cc(NCC(O)c2cnn(C)c2)nc(-c2ccc([N+](=O)[O-])cc2)n1. The fourth-order valence-electron chi connectivity index (χ4n) is 2.56. The molecule has 0 fully saturated rings. The van der Waals surface area contributed by atoms with E-state index in [1.165, 1.54) is 12.1 Å². The van der Waals surface area contributed by atoms with Gasteiger partial charge in [0.15, 0.2) is 5.82 Å². The minimum atomic E-state index is -0.721. The van der Waals surface area contributed by atoms with Gasteiger partial charge in [-0.3, -0.25) is 14.8 Å². The second-order valence-corrected chi connectivity index (χ2v) is 6.07. The van der Waals surface area contributed by atoms with E-state index in [1.54, 1.807) is 36.3 Å². The van der Waals surface area contributed by atoms with Crippen molar-refractivity contribution in [3.05, 3.63) is 64.1 Å². The molecular weight excluding hydrogens is 348 g/mol. The number of anilines is 1. The summed E-state index contributed by atoms with van der Waals surface area (Å²) in [5.74, 6) is 1.06. The van der Waals surface area contributed by atoms with Crippen LogP contribution in [0.25, 0.3) is 11.4 Å². The molecule has 2 heterocycles. The first-order valence-electron chi connectivity index (χ1n) is 8.49. The van der Waals surface area contributed by atoms with Gasteiger partial charge >= 0.3 is 0 Å². The highest BCUT2D eigenvalue weighted by molar-refractivity contribution is 5.59. The van der Waals surface area contributed by atoms with Crippen molar-refractivity contribution in [3.8, 4) is 11.4 Å². The number of aryl methyl sites for hydroxylation is 2. The predicted molar refractivity (Wildman–Crippen MR) is 100 cm³/mol. The number of hydrogen-bond donors (Lipinski definition) is 2. The number of nitro benzene ring substituents is 1. The average Bonchev–Trinajstić information content (AvgIpc) is 3.12. The van der Waals surface area contributed by atoms with E-state index in [2.05, 4.69) is 20.4 Å². The van der Waals surface area contributed by atoms with Gasteiger partial charge in [-0.1, -0.05) is 6.92 Å². The third-order valence-electron chi connectivity index (χ3n) is 4.06. The van der Waals surface area contributed by atoms with E-state index in [-0.39, 0.29) is 12.2 Å². The summed E-state index contributed by atoms with van der Waals surface area (Å²) in [7, 11) is 1.79. The molecule has 0 bridgehead atoms. The lowest BCUT2D eigenvalue weighted by atomic mass is 10.2. The number of non-ortho nitro benzene ring substituents is 1. The Labute approximate surface area is 155 Å². The highest BCUT2D eigenvalue weighted by atomic mass is 16.6. The first-order chi connectivity index (χ1) is 13.0. The van der Waals surface area contributed by atoms with Crippen LogP contribution in [0.5, 0.6) is 0 Å². The van der Waals surface area contributed by atoms with Gasteiger partial charge in [-0.05, 0) is 18.6 Å². The summed E-state index contributed by atoms with van der Waals surface area (Å²) in [6.07, 6.45) is 3.36. The molecule has 3 aromatic rings. The summed E-state index contributed by atoms with van der Waals surface area (Å²) in [6, 6.07) is 7.93. The minimum Gasteiger partial charge on any atom is -0.386 e. The molecule has 9 nitrogen and oxygen atoms in total. The largest absolute Gasteiger partial charge is 0.386 e. The zero-order chi connectivity index (χ0) is 19.4. The van der Waals surface area contributed by atoms with Crippen LogP contribution >= 0.6 is 0 Å². The first-order valence-corrected chi connectivity index (χ1v) is 8.49. The Morgan fingerprint density at radius 3 is 2.63 bits per heavy atom. The highest BCUT2D eigenvalue weighted by Gasteiger charge is 2.12. The van der Waals surface area contributed by atoms with Crippen LogP contribution in [0.2, 0.25) is 0 Å². The van der Waals surface area contributed by atoms with Gasteiger partial charge in [-0.15, -0.1) is 0 Å². The molecule has 27 heavy (non-hydrogen) atoms. The van der Waals surface area contributed by atoms with Gasteiger partial charge in [0, 0.05) is 54.8 Å². The maximum Gasteiger partial charge on any atom is 0.269 e. The molecule has 1 atom stereocenters. The third-order valence-corrected chi connectivity index (χ3v) is 4.06. The van der Waals surface area contributed by atoms with Gasteiger partial charge in [0.1, 0.15) is 5.82 Å². The van der Waals surface area contributed by atoms with Crippen molar-refractivity contribution in [1.82, 2.24) is 19.7 Å². The topological polar surface area (TPSA) is 119 Å². The lowest BCUT2D eigenvalue weighted by Crippen LogP contribution is -2.13. The number of nitrogens with zero attached hydrogens (tertiary/aromatic N) is 5. The third kappa shape index (κ3) is 4.45. The van der Waals surface area contributed by atoms with E-state index < -0.39 is 11.0 Å². The molecule has 2 N–H and O–H groups in total. The smallest absolute Gasteiger partial charge is 0.269 e. The molecule has 0 radical (unpaired) electrons. The molecule has 1 aromatic carbocycles. The van der Waals surface area contributed by atoms with E-state index in [1.807, 2.05) is 13.0 Å². The standard InChI is InChI=1S/C18H20N6O3/c1-3-14-8-17(19-10-16(25)13-9-20-23(2)11-13)22-18(21-14)12-4-6-15(7-5-12)24(26)27/h4-9,11,16,25H,3,10H2,1-2H3,(H,19,21,22). The fraction of sp³-hybridized carbons (Fsp3) is 0.278. The van der Waals surface area contributed by atoms with Crippen molar-refractivity contribution in [1.29, 1.82) is 0 Å². The summed E-state index contributed by atoms with van der Waals surface area (Å²) in [5.41, 5.74) is 2.25. The van der Waals surface area contributed by atoms with Crippen LogP contribution < -0.4 is 5.32 Å². The molecule has 0 spiro atoms. The average molecular weight is 368 g/mol. The number of nitro groups is 1. The summed E-state index contributed by atoms with van der Waals surface area (Å²) < 4.78 is 1.63. The van der Waals surface area contributed by atoms with Crippen LogP contribution in [-0.4, -0.2) is 36.3 Å². The Bertz CT molecular complexity index is 939. The van der Waals surface area contributed by atoms with E-state index in [4.69, 9.17) is 0 Å². The van der Waals surface area contributed by atoms with Crippen molar-refractivity contribution < 1.29 is 10.0 Å². The first kappa shape index (κ1) is 18.5. The Morgan fingerprint density at radius 2 is 2.04 bits per heavy atom. The summed E-state index contributed by atoms with van der Waals surface area (Å²) in [6.45, 7) is 2.25. The maximum atomic E-state index is 10.8. The van der Waals surface area contributed by atoms with Crippen molar-refractivity contribution in [2.24, 2.45) is 7.05 Å². The molecule has 0 amide bonds. The van der Waals surface area contributed by atoms with Crippen LogP contribution in [0.15, 0.2) is 42.7 Å². The molecule has 2 aromatic heterocycles. The Kier molecular flexibility index (Phi) is 5.41. The van der Waals surface area contributed by atoms with Gasteiger partial charge in [0.05, 0.1) is 17.2 Å². The van der Waals surface area contributed by atoms with E-state index in [9.17, 15) is 15.2 Å². The normalized spacial score (nSPS) is 12.0. The number of aromatic nitrogens is 4. The van der Waals surface area contributed by atoms with Gasteiger partial charge in [-0.2, -0.15) is 5.10 Å². The number of aliphatic hydroxyl groups excluding tert-OH is 1. The second kappa shape index (κ2) is 7.92. The van der Waals surface area contributed by atoms with Gasteiger partial charge in [0.25, 0.3) is 5.69 Å². The molecule has 0 aliphatic rings. The molecule has 9 heteroatoms. The van der Waals surface area contributed by atoms with Gasteiger partial charge in [-0.25, -0.2) is 9.97 Å². The number of aliphatic hydroxyl groups is 1. The number of rotatable bonds is 7. The van der Waals surface area contributed by atoms with Crippen LogP contribution in [0.1, 0.15) is 24.3 Å². The van der Waals surface area contributed by atoms with E-state index in [0.717, 1.165) is 5.69 Å². The van der Waals surface area contributed by atoms with Crippen LogP contribution in [0.3, 0.4) is 0 Å². The zero-order valence-electron chi connectivity index (χ0n) is 15.0. The van der Waals surface area contributed by atoms with Crippen LogP contribution in [0, 0.1) is 10.1 Å². The lowest BCUT2D eigenvalue weighted by molar-refractivity contribution is -0.384. The van der Waals surface area contributed by atoms with Crippen molar-refractivity contribution in [2.45, 2.75) is 19.4 Å². The predicted octanol–water partition coefficient (Wildman–Crippen LogP) is 2.49. The van der Waals surface area contributed by atoms with Gasteiger partial charge in [0.2, 0.25) is 0 Å². The monoisotopic (exact) mass is 368 g/mol. The van der Waals surface area contributed by atoms with Crippen molar-refractivity contribution in [3.63, 3.8) is 0 Å². The maximum absolute atomic E-state index is 10.8. The Balaban J connectivity index is 1.79. The van der Waals surface area contributed by atoms with Crippen molar-refractivity contribution >= 4 is 11.5 Å². The summed E-state index contributed by atoms with van der Waals surface area (Å²) in [5, 5.41) is 28.2. The Morgan fingerprint density at radius 1 is 1.30 bits per heavy atom. The van der Waals surface area contributed by atoms with Crippen LogP contribution in [0.4, 0.5) is 11.5 Å². The highest BCUT2D eigenvalue weighted by Crippen LogP contribution is 2.22. The molecule has 0 saturated heterocycles. The molecule has 3 rings (SSSR count). The van der Waals surface area contributed by atoms with E-state index in [0.29, 0.717) is 29.2 Å². The quantitative estimate of drug-likeness (QED) is 0.486.